The number of nitrogens with zero attached hydrogens (tertiary/aromatic N) is 3. The molecule has 20 heavy (non-hydrogen) atoms. The van der Waals surface area contributed by atoms with E-state index < -0.39 is 11.7 Å². The Morgan fingerprint density at radius 1 is 1.10 bits per heavy atom. The maximum atomic E-state index is 12.4. The van der Waals surface area contributed by atoms with E-state index >= 15 is 0 Å². The van der Waals surface area contributed by atoms with Crippen molar-refractivity contribution in [1.29, 1.82) is 0 Å². The first-order valence-corrected chi connectivity index (χ1v) is 5.57. The van der Waals surface area contributed by atoms with Crippen LogP contribution in [0.5, 0.6) is 5.88 Å². The molecule has 5 nitrogen and oxygen atoms in total. The van der Waals surface area contributed by atoms with Gasteiger partial charge < -0.3 is 10.1 Å². The van der Waals surface area contributed by atoms with E-state index in [2.05, 4.69) is 20.3 Å². The second kappa shape index (κ2) is 5.32. The Bertz CT molecular complexity index is 599. The van der Waals surface area contributed by atoms with Crippen molar-refractivity contribution >= 4 is 11.6 Å². The van der Waals surface area contributed by atoms with Crippen molar-refractivity contribution in [3.05, 3.63) is 35.8 Å². The number of pyridine rings is 1. The Balaban J connectivity index is 2.22. The van der Waals surface area contributed by atoms with Crippen LogP contribution in [-0.4, -0.2) is 22.1 Å². The summed E-state index contributed by atoms with van der Waals surface area (Å²) in [4.78, 5) is 11.3. The molecule has 0 radical (unpaired) electrons. The smallest absolute Gasteiger partial charge is 0.419 e. The fraction of sp³-hybridized carbons (Fsp3) is 0.250. The zero-order chi connectivity index (χ0) is 14.8. The van der Waals surface area contributed by atoms with E-state index in [1.165, 1.54) is 7.11 Å². The molecule has 2 aromatic rings. The number of nitrogens with one attached hydrogen (secondary N) is 1. The molecule has 0 amide bonds. The van der Waals surface area contributed by atoms with E-state index in [1.54, 1.807) is 19.2 Å². The van der Waals surface area contributed by atoms with E-state index in [-0.39, 0.29) is 5.95 Å². The first kappa shape index (κ1) is 14.0. The standard InChI is InChI=1S/C12H11F3N4O/c1-7-4-16-10(20-2)3-9(7)19-11-17-5-8(6-18-11)12(13,14)15/h3-6H,1-2H3,(H,16,17,18,19). The topological polar surface area (TPSA) is 59.9 Å². The predicted octanol–water partition coefficient (Wildman–Crippen LogP) is 2.95. The molecule has 0 aromatic carbocycles. The Morgan fingerprint density at radius 3 is 2.30 bits per heavy atom. The molecule has 0 bridgehead atoms. The normalized spacial score (nSPS) is 11.2. The van der Waals surface area contributed by atoms with Gasteiger partial charge in [0.05, 0.1) is 18.4 Å². The summed E-state index contributed by atoms with van der Waals surface area (Å²) >= 11 is 0. The van der Waals surface area contributed by atoms with Crippen molar-refractivity contribution in [3.8, 4) is 5.88 Å². The molecule has 0 aliphatic carbocycles. The highest BCUT2D eigenvalue weighted by Crippen LogP contribution is 2.28. The van der Waals surface area contributed by atoms with Crippen molar-refractivity contribution in [2.24, 2.45) is 0 Å². The van der Waals surface area contributed by atoms with Crippen LogP contribution in [0.2, 0.25) is 0 Å². The Kier molecular flexibility index (Phi) is 3.73. The van der Waals surface area contributed by atoms with Crippen LogP contribution in [0.4, 0.5) is 24.8 Å². The summed E-state index contributed by atoms with van der Waals surface area (Å²) in [7, 11) is 1.47. The van der Waals surface area contributed by atoms with Gasteiger partial charge in [-0.15, -0.1) is 0 Å². The predicted molar refractivity (Wildman–Crippen MR) is 65.8 cm³/mol. The molecule has 0 atom stereocenters. The summed E-state index contributed by atoms with van der Waals surface area (Å²) in [6.07, 6.45) is -1.42. The number of hydrogen-bond acceptors (Lipinski definition) is 5. The van der Waals surface area contributed by atoms with Crippen LogP contribution in [0.3, 0.4) is 0 Å². The molecule has 0 aliphatic heterocycles. The van der Waals surface area contributed by atoms with Gasteiger partial charge in [0.1, 0.15) is 0 Å². The Hall–Kier alpha value is -2.38. The summed E-state index contributed by atoms with van der Waals surface area (Å²) in [5, 5.41) is 2.82. The molecular weight excluding hydrogens is 273 g/mol. The minimum Gasteiger partial charge on any atom is -0.481 e. The minimum absolute atomic E-state index is 0.0642. The lowest BCUT2D eigenvalue weighted by atomic mass is 10.2. The number of aryl methyl sites for hydroxylation is 1. The number of anilines is 2. The monoisotopic (exact) mass is 284 g/mol. The van der Waals surface area contributed by atoms with Crippen LogP contribution < -0.4 is 10.1 Å². The zero-order valence-electron chi connectivity index (χ0n) is 10.7. The van der Waals surface area contributed by atoms with Crippen LogP contribution in [0, 0.1) is 6.92 Å². The summed E-state index contributed by atoms with van der Waals surface area (Å²) < 4.78 is 42.1. The highest BCUT2D eigenvalue weighted by Gasteiger charge is 2.31. The second-order valence-electron chi connectivity index (χ2n) is 3.96. The number of halogens is 3. The largest absolute Gasteiger partial charge is 0.481 e. The summed E-state index contributed by atoms with van der Waals surface area (Å²) in [5.74, 6) is 0.444. The van der Waals surface area contributed by atoms with Crippen molar-refractivity contribution < 1.29 is 17.9 Å². The molecule has 1 N–H and O–H groups in total. The maximum Gasteiger partial charge on any atom is 0.419 e. The number of alkyl halides is 3. The zero-order valence-corrected chi connectivity index (χ0v) is 10.7. The molecular formula is C12H11F3N4O. The number of ether oxygens (including phenoxy) is 1. The van der Waals surface area contributed by atoms with E-state index in [4.69, 9.17) is 4.74 Å². The lowest BCUT2D eigenvalue weighted by molar-refractivity contribution is -0.138. The molecule has 2 heterocycles. The lowest BCUT2D eigenvalue weighted by Crippen LogP contribution is -2.07. The lowest BCUT2D eigenvalue weighted by Gasteiger charge is -2.10. The van der Waals surface area contributed by atoms with E-state index in [0.29, 0.717) is 11.6 Å². The number of rotatable bonds is 3. The van der Waals surface area contributed by atoms with Crippen LogP contribution in [-0.2, 0) is 6.18 Å². The van der Waals surface area contributed by atoms with Gasteiger partial charge in [-0.25, -0.2) is 15.0 Å². The fourth-order valence-electron chi connectivity index (χ4n) is 1.41. The Labute approximate surface area is 112 Å². The van der Waals surface area contributed by atoms with Crippen LogP contribution in [0.25, 0.3) is 0 Å². The molecule has 0 aliphatic rings. The highest BCUT2D eigenvalue weighted by atomic mass is 19.4. The minimum atomic E-state index is -4.45. The van der Waals surface area contributed by atoms with Crippen LogP contribution >= 0.6 is 0 Å². The van der Waals surface area contributed by atoms with E-state index in [9.17, 15) is 13.2 Å². The molecule has 0 unspecified atom stereocenters. The Morgan fingerprint density at radius 2 is 1.75 bits per heavy atom. The SMILES string of the molecule is COc1cc(Nc2ncc(C(F)(F)F)cn2)c(C)cn1. The summed E-state index contributed by atoms with van der Waals surface area (Å²) in [6, 6.07) is 1.61. The quantitative estimate of drug-likeness (QED) is 0.939. The van der Waals surface area contributed by atoms with Gasteiger partial charge in [-0.05, 0) is 12.5 Å². The molecule has 2 rings (SSSR count). The van der Waals surface area contributed by atoms with E-state index in [1.807, 2.05) is 0 Å². The van der Waals surface area contributed by atoms with Gasteiger partial charge in [0, 0.05) is 24.7 Å². The molecule has 0 saturated heterocycles. The number of methoxy groups -OCH3 is 1. The third kappa shape index (κ3) is 3.14. The van der Waals surface area contributed by atoms with Gasteiger partial charge in [0.15, 0.2) is 0 Å². The van der Waals surface area contributed by atoms with E-state index in [0.717, 1.165) is 18.0 Å². The molecule has 0 fully saturated rings. The summed E-state index contributed by atoms with van der Waals surface area (Å²) in [5.41, 5.74) is 0.498. The third-order valence-electron chi connectivity index (χ3n) is 2.51. The van der Waals surface area contributed by atoms with Gasteiger partial charge in [0.2, 0.25) is 11.8 Å². The third-order valence-corrected chi connectivity index (χ3v) is 2.51. The first-order valence-electron chi connectivity index (χ1n) is 5.57. The van der Waals surface area contributed by atoms with Gasteiger partial charge in [-0.3, -0.25) is 0 Å². The van der Waals surface area contributed by atoms with Crippen molar-refractivity contribution in [3.63, 3.8) is 0 Å². The van der Waals surface area contributed by atoms with Gasteiger partial charge in [-0.2, -0.15) is 13.2 Å². The average Bonchev–Trinajstić information content (AvgIpc) is 2.41. The maximum absolute atomic E-state index is 12.4. The van der Waals surface area contributed by atoms with Crippen molar-refractivity contribution in [2.75, 3.05) is 12.4 Å². The molecule has 2 aromatic heterocycles. The first-order chi connectivity index (χ1) is 9.40. The second-order valence-corrected chi connectivity index (χ2v) is 3.96. The highest BCUT2D eigenvalue weighted by molar-refractivity contribution is 5.58. The number of hydrogen-bond donors (Lipinski definition) is 1. The molecule has 0 spiro atoms. The van der Waals surface area contributed by atoms with Gasteiger partial charge in [-0.1, -0.05) is 0 Å². The van der Waals surface area contributed by atoms with Gasteiger partial charge >= 0.3 is 6.18 Å². The average molecular weight is 284 g/mol. The summed E-state index contributed by atoms with van der Waals surface area (Å²) in [6.45, 7) is 1.79. The molecule has 8 heteroatoms. The fourth-order valence-corrected chi connectivity index (χ4v) is 1.41. The van der Waals surface area contributed by atoms with Gasteiger partial charge in [0.25, 0.3) is 0 Å². The van der Waals surface area contributed by atoms with Crippen LogP contribution in [0.1, 0.15) is 11.1 Å². The molecule has 106 valence electrons. The molecule has 0 saturated carbocycles. The van der Waals surface area contributed by atoms with Crippen molar-refractivity contribution in [1.82, 2.24) is 15.0 Å². The van der Waals surface area contributed by atoms with Crippen LogP contribution in [0.15, 0.2) is 24.7 Å². The van der Waals surface area contributed by atoms with Crippen molar-refractivity contribution in [2.45, 2.75) is 13.1 Å². The number of aromatic nitrogens is 3.